The van der Waals surface area contributed by atoms with Crippen LogP contribution in [0, 0.1) is 11.6 Å². The average molecular weight is 415 g/mol. The van der Waals surface area contributed by atoms with Gasteiger partial charge in [0.15, 0.2) is 5.82 Å². The molecular formula is C22H21ClF2N4. The van der Waals surface area contributed by atoms with Gasteiger partial charge in [-0.3, -0.25) is 9.98 Å². The quantitative estimate of drug-likeness (QED) is 0.580. The first-order chi connectivity index (χ1) is 13.6. The van der Waals surface area contributed by atoms with Crippen LogP contribution in [0.2, 0.25) is 0 Å². The third-order valence-electron chi connectivity index (χ3n) is 5.15. The summed E-state index contributed by atoms with van der Waals surface area (Å²) in [7, 11) is 0. The predicted octanol–water partition coefficient (Wildman–Crippen LogP) is 5.14. The lowest BCUT2D eigenvalue weighted by molar-refractivity contribution is 0.422. The van der Waals surface area contributed by atoms with Crippen LogP contribution in [0.15, 0.2) is 72.1 Å². The molecule has 0 N–H and O–H groups in total. The van der Waals surface area contributed by atoms with Gasteiger partial charge in [-0.05, 0) is 41.8 Å². The highest BCUT2D eigenvalue weighted by molar-refractivity contribution is 5.85. The Morgan fingerprint density at radius 1 is 0.931 bits per heavy atom. The smallest absolute Gasteiger partial charge is 0.152 e. The normalized spacial score (nSPS) is 17.2. The number of anilines is 1. The minimum absolute atomic E-state index is 0. The summed E-state index contributed by atoms with van der Waals surface area (Å²) < 4.78 is 27.2. The van der Waals surface area contributed by atoms with Gasteiger partial charge >= 0.3 is 0 Å². The fraction of sp³-hybridized carbons (Fsp3) is 0.227. The monoisotopic (exact) mass is 414 g/mol. The lowest BCUT2D eigenvalue weighted by Gasteiger charge is -2.37. The van der Waals surface area contributed by atoms with Gasteiger partial charge in [0.1, 0.15) is 17.2 Å². The van der Waals surface area contributed by atoms with E-state index >= 15 is 0 Å². The Hall–Kier alpha value is -2.86. The summed E-state index contributed by atoms with van der Waals surface area (Å²) >= 11 is 0. The van der Waals surface area contributed by atoms with Gasteiger partial charge in [-0.25, -0.2) is 13.8 Å². The van der Waals surface area contributed by atoms with Crippen LogP contribution >= 0.6 is 12.4 Å². The lowest BCUT2D eigenvalue weighted by Crippen LogP contribution is -2.45. The molecular weight excluding hydrogens is 394 g/mol. The van der Waals surface area contributed by atoms with Gasteiger partial charge in [-0.1, -0.05) is 37.6 Å². The van der Waals surface area contributed by atoms with Crippen LogP contribution in [0.5, 0.6) is 0 Å². The van der Waals surface area contributed by atoms with Crippen molar-refractivity contribution in [1.29, 1.82) is 0 Å². The maximum atomic E-state index is 13.6. The lowest BCUT2D eigenvalue weighted by atomic mass is 9.76. The second-order valence-corrected chi connectivity index (χ2v) is 6.80. The third-order valence-corrected chi connectivity index (χ3v) is 5.15. The molecule has 1 atom stereocenters. The van der Waals surface area contributed by atoms with Crippen LogP contribution in [0.1, 0.15) is 30.9 Å². The maximum Gasteiger partial charge on any atom is 0.152 e. The highest BCUT2D eigenvalue weighted by Crippen LogP contribution is 2.45. The van der Waals surface area contributed by atoms with Crippen molar-refractivity contribution < 1.29 is 8.78 Å². The van der Waals surface area contributed by atoms with E-state index in [1.54, 1.807) is 49.2 Å². The summed E-state index contributed by atoms with van der Waals surface area (Å²) in [4.78, 5) is 15.5. The van der Waals surface area contributed by atoms with Crippen LogP contribution in [-0.4, -0.2) is 22.3 Å². The Balaban J connectivity index is 0.00000240. The third kappa shape index (κ3) is 3.72. The molecule has 0 spiro atoms. The number of benzene rings is 2. The average Bonchev–Trinajstić information content (AvgIpc) is 3.10. The summed E-state index contributed by atoms with van der Waals surface area (Å²) in [6, 6.07) is 12.6. The minimum atomic E-state index is -0.797. The Kier molecular flexibility index (Phi) is 6.23. The van der Waals surface area contributed by atoms with Crippen molar-refractivity contribution >= 4 is 24.6 Å². The van der Waals surface area contributed by atoms with Crippen molar-refractivity contribution in [3.05, 3.63) is 89.9 Å². The van der Waals surface area contributed by atoms with E-state index in [1.165, 1.54) is 24.3 Å². The Bertz CT molecular complexity index is 917. The number of aromatic nitrogens is 2. The van der Waals surface area contributed by atoms with E-state index in [1.807, 2.05) is 4.90 Å². The zero-order valence-electron chi connectivity index (χ0n) is 15.9. The second-order valence-electron chi connectivity index (χ2n) is 6.80. The summed E-state index contributed by atoms with van der Waals surface area (Å²) in [5, 5.41) is 0. The van der Waals surface area contributed by atoms with Crippen LogP contribution in [0.4, 0.5) is 14.6 Å². The molecule has 1 aliphatic rings. The van der Waals surface area contributed by atoms with Gasteiger partial charge in [0.05, 0.1) is 18.6 Å². The number of rotatable bonds is 5. The van der Waals surface area contributed by atoms with E-state index in [0.717, 1.165) is 24.0 Å². The zero-order chi connectivity index (χ0) is 19.6. The molecule has 1 aliphatic heterocycles. The van der Waals surface area contributed by atoms with Crippen molar-refractivity contribution in [2.45, 2.75) is 31.3 Å². The van der Waals surface area contributed by atoms with Gasteiger partial charge in [0.25, 0.3) is 0 Å². The SMILES string of the molecule is CCCC1N(c2cnccn2)C=NC1(c1ccc(F)cc1)c1ccc(F)cc1.Cl. The molecule has 7 heteroatoms. The van der Waals surface area contributed by atoms with Crippen molar-refractivity contribution in [2.24, 2.45) is 4.99 Å². The van der Waals surface area contributed by atoms with E-state index < -0.39 is 5.54 Å². The van der Waals surface area contributed by atoms with Crippen molar-refractivity contribution in [3.8, 4) is 0 Å². The molecule has 0 saturated carbocycles. The molecule has 4 nitrogen and oxygen atoms in total. The minimum Gasteiger partial charge on any atom is -0.310 e. The molecule has 0 fully saturated rings. The van der Waals surface area contributed by atoms with Crippen molar-refractivity contribution in [2.75, 3.05) is 4.90 Å². The number of hydrogen-bond acceptors (Lipinski definition) is 4. The molecule has 1 unspecified atom stereocenters. The van der Waals surface area contributed by atoms with Crippen molar-refractivity contribution in [3.63, 3.8) is 0 Å². The summed E-state index contributed by atoms with van der Waals surface area (Å²) in [6.07, 6.45) is 8.44. The number of hydrogen-bond donors (Lipinski definition) is 0. The van der Waals surface area contributed by atoms with Gasteiger partial charge < -0.3 is 4.90 Å². The Morgan fingerprint density at radius 3 is 2.00 bits per heavy atom. The van der Waals surface area contributed by atoms with Gasteiger partial charge in [-0.2, -0.15) is 0 Å². The number of nitrogens with zero attached hydrogens (tertiary/aromatic N) is 4. The van der Waals surface area contributed by atoms with E-state index in [4.69, 9.17) is 4.99 Å². The Labute approximate surface area is 174 Å². The van der Waals surface area contributed by atoms with E-state index in [0.29, 0.717) is 5.82 Å². The molecule has 0 aliphatic carbocycles. The van der Waals surface area contributed by atoms with Crippen LogP contribution in [0.3, 0.4) is 0 Å². The summed E-state index contributed by atoms with van der Waals surface area (Å²) in [5.74, 6) is 0.0754. The molecule has 2 aromatic carbocycles. The molecule has 4 rings (SSSR count). The number of aliphatic imine (C=N–C) groups is 1. The van der Waals surface area contributed by atoms with Crippen molar-refractivity contribution in [1.82, 2.24) is 9.97 Å². The molecule has 2 heterocycles. The van der Waals surface area contributed by atoms with E-state index in [9.17, 15) is 8.78 Å². The molecule has 150 valence electrons. The highest BCUT2D eigenvalue weighted by atomic mass is 35.5. The van der Waals surface area contributed by atoms with E-state index in [2.05, 4.69) is 16.9 Å². The van der Waals surface area contributed by atoms with Gasteiger partial charge in [0.2, 0.25) is 0 Å². The fourth-order valence-electron chi connectivity index (χ4n) is 3.89. The highest BCUT2D eigenvalue weighted by Gasteiger charge is 2.48. The summed E-state index contributed by atoms with van der Waals surface area (Å²) in [6.45, 7) is 2.10. The van der Waals surface area contributed by atoms with Crippen LogP contribution in [0.25, 0.3) is 0 Å². The first-order valence-electron chi connectivity index (χ1n) is 9.27. The molecule has 29 heavy (non-hydrogen) atoms. The zero-order valence-corrected chi connectivity index (χ0v) is 16.7. The molecule has 0 bridgehead atoms. The predicted molar refractivity (Wildman–Crippen MR) is 113 cm³/mol. The second kappa shape index (κ2) is 8.66. The van der Waals surface area contributed by atoms with E-state index in [-0.39, 0.29) is 30.1 Å². The molecule has 0 saturated heterocycles. The Morgan fingerprint density at radius 2 is 1.52 bits per heavy atom. The summed E-state index contributed by atoms with van der Waals surface area (Å²) in [5.41, 5.74) is 0.901. The first-order valence-corrected chi connectivity index (χ1v) is 9.27. The largest absolute Gasteiger partial charge is 0.310 e. The van der Waals surface area contributed by atoms with Gasteiger partial charge in [-0.15, -0.1) is 12.4 Å². The topological polar surface area (TPSA) is 41.4 Å². The molecule has 0 amide bonds. The maximum absolute atomic E-state index is 13.6. The van der Waals surface area contributed by atoms with Crippen LogP contribution < -0.4 is 4.90 Å². The fourth-order valence-corrected chi connectivity index (χ4v) is 3.89. The molecule has 1 aromatic heterocycles. The van der Waals surface area contributed by atoms with Crippen LogP contribution in [-0.2, 0) is 5.54 Å². The standard InChI is InChI=1S/C22H20F2N4.ClH/c1-2-3-20-22(16-4-8-18(23)9-5-16,17-6-10-19(24)11-7-17)27-15-28(20)21-14-25-12-13-26-21;/h4-15,20H,2-3H2,1H3;1H. The first kappa shape index (κ1) is 20.9. The van der Waals surface area contributed by atoms with Gasteiger partial charge in [0, 0.05) is 12.4 Å². The molecule has 0 radical (unpaired) electrons. The number of halogens is 3. The molecule has 3 aromatic rings.